The molecular formula is C18H31N5O+2. The molecule has 0 aliphatic carbocycles. The van der Waals surface area contributed by atoms with Gasteiger partial charge in [0.15, 0.2) is 0 Å². The van der Waals surface area contributed by atoms with E-state index in [1.165, 1.54) is 11.3 Å². The Kier molecular flexibility index (Phi) is 5.06. The van der Waals surface area contributed by atoms with Gasteiger partial charge in [0.2, 0.25) is 17.8 Å². The van der Waals surface area contributed by atoms with E-state index in [1.807, 2.05) is 6.33 Å². The Bertz CT molecular complexity index is 716. The summed E-state index contributed by atoms with van der Waals surface area (Å²) in [6, 6.07) is 0. The lowest BCUT2D eigenvalue weighted by atomic mass is 10.2. The van der Waals surface area contributed by atoms with E-state index in [4.69, 9.17) is 15.5 Å². The molecule has 1 saturated heterocycles. The van der Waals surface area contributed by atoms with Crippen LogP contribution in [-0.4, -0.2) is 42.4 Å². The third-order valence-corrected chi connectivity index (χ3v) is 5.14. The molecule has 0 radical (unpaired) electrons. The Hall–Kier alpha value is -1.66. The van der Waals surface area contributed by atoms with Gasteiger partial charge in [-0.2, -0.15) is 0 Å². The van der Waals surface area contributed by atoms with Gasteiger partial charge in [-0.1, -0.05) is 18.8 Å². The van der Waals surface area contributed by atoms with Crippen LogP contribution in [0.3, 0.4) is 0 Å². The van der Waals surface area contributed by atoms with Crippen molar-refractivity contribution in [3.8, 4) is 0 Å². The van der Waals surface area contributed by atoms with Gasteiger partial charge in [0.1, 0.15) is 18.5 Å². The summed E-state index contributed by atoms with van der Waals surface area (Å²) in [4.78, 5) is 6.36. The summed E-state index contributed by atoms with van der Waals surface area (Å²) in [6.45, 7) is 15.7. The zero-order valence-electron chi connectivity index (χ0n) is 15.4. The van der Waals surface area contributed by atoms with E-state index >= 15 is 0 Å². The first-order valence-electron chi connectivity index (χ1n) is 9.03. The standard InChI is InChI=1S/C18H29N5O/c1-13(2)11-22-12-20-18-16(17(22)19)14(3)15(4)23(18)6-5-21-7-9-24-10-8-21/h12-13,19H,5-11H2,1-4H3/p+2. The molecule has 0 aromatic carbocycles. The third-order valence-electron chi connectivity index (χ3n) is 5.14. The number of quaternary nitrogens is 1. The van der Waals surface area contributed by atoms with Crippen LogP contribution in [0.5, 0.6) is 0 Å². The van der Waals surface area contributed by atoms with Crippen molar-refractivity contribution in [1.29, 1.82) is 0 Å². The van der Waals surface area contributed by atoms with Crippen LogP contribution in [0, 0.1) is 19.8 Å². The first-order chi connectivity index (χ1) is 11.5. The second kappa shape index (κ2) is 7.07. The Morgan fingerprint density at radius 3 is 2.71 bits per heavy atom. The van der Waals surface area contributed by atoms with Crippen LogP contribution in [0.25, 0.3) is 11.0 Å². The Morgan fingerprint density at radius 2 is 2.04 bits per heavy atom. The molecule has 1 aliphatic rings. The highest BCUT2D eigenvalue weighted by Gasteiger charge is 2.23. The van der Waals surface area contributed by atoms with Crippen LogP contribution < -0.4 is 15.2 Å². The van der Waals surface area contributed by atoms with E-state index < -0.39 is 0 Å². The number of aryl methyl sites for hydroxylation is 1. The Labute approximate surface area is 144 Å². The topological polar surface area (TPSA) is 61.4 Å². The molecule has 0 spiro atoms. The van der Waals surface area contributed by atoms with Crippen molar-refractivity contribution in [2.75, 3.05) is 38.6 Å². The summed E-state index contributed by atoms with van der Waals surface area (Å²) < 4.78 is 9.87. The number of ether oxygens (including phenoxy) is 1. The molecule has 0 saturated carbocycles. The van der Waals surface area contributed by atoms with Crippen LogP contribution in [0.4, 0.5) is 5.82 Å². The van der Waals surface area contributed by atoms with E-state index in [-0.39, 0.29) is 0 Å². The van der Waals surface area contributed by atoms with Gasteiger partial charge in [-0.3, -0.25) is 0 Å². The minimum absolute atomic E-state index is 0.546. The Morgan fingerprint density at radius 1 is 1.33 bits per heavy atom. The lowest BCUT2D eigenvalue weighted by Gasteiger charge is -2.24. The number of hydrogen-bond acceptors (Lipinski definition) is 3. The molecule has 6 heteroatoms. The van der Waals surface area contributed by atoms with Gasteiger partial charge in [-0.05, 0) is 25.3 Å². The first-order valence-corrected chi connectivity index (χ1v) is 9.03. The van der Waals surface area contributed by atoms with Gasteiger partial charge in [-0.15, -0.1) is 0 Å². The molecule has 3 rings (SSSR count). The summed E-state index contributed by atoms with van der Waals surface area (Å²) >= 11 is 0. The number of hydrogen-bond donors (Lipinski definition) is 2. The maximum atomic E-state index is 6.48. The normalized spacial score (nSPS) is 16.4. The fraction of sp³-hybridized carbons (Fsp3) is 0.667. The van der Waals surface area contributed by atoms with E-state index in [2.05, 4.69) is 36.8 Å². The maximum absolute atomic E-state index is 6.48. The largest absolute Gasteiger partial charge is 0.370 e. The number of anilines is 1. The predicted molar refractivity (Wildman–Crippen MR) is 95.0 cm³/mol. The molecule has 0 unspecified atom stereocenters. The SMILES string of the molecule is Cc1c(C)n(CC[NH+]2CCOCC2)c2nc[n+](CC(C)C)c(N)c12. The second-order valence-electron chi connectivity index (χ2n) is 7.35. The molecule has 6 nitrogen and oxygen atoms in total. The number of fused-ring (bicyclic) bond motifs is 1. The van der Waals surface area contributed by atoms with Crippen molar-refractivity contribution >= 4 is 16.9 Å². The molecule has 2 aromatic heterocycles. The summed E-state index contributed by atoms with van der Waals surface area (Å²) in [7, 11) is 0. The molecule has 0 bridgehead atoms. The summed E-state index contributed by atoms with van der Waals surface area (Å²) in [5.74, 6) is 1.39. The van der Waals surface area contributed by atoms with Gasteiger partial charge >= 0.3 is 0 Å². The first kappa shape index (κ1) is 17.2. The molecular weight excluding hydrogens is 302 g/mol. The number of aromatic nitrogens is 3. The lowest BCUT2D eigenvalue weighted by Crippen LogP contribution is -3.14. The predicted octanol–water partition coefficient (Wildman–Crippen LogP) is 0.0939. The van der Waals surface area contributed by atoms with E-state index in [1.54, 1.807) is 4.90 Å². The van der Waals surface area contributed by atoms with Gasteiger partial charge < -0.3 is 19.9 Å². The monoisotopic (exact) mass is 333 g/mol. The highest BCUT2D eigenvalue weighted by atomic mass is 16.5. The minimum Gasteiger partial charge on any atom is -0.370 e. The van der Waals surface area contributed by atoms with Crippen LogP contribution in [0.15, 0.2) is 6.33 Å². The number of nitrogens with zero attached hydrogens (tertiary/aromatic N) is 3. The molecule has 24 heavy (non-hydrogen) atoms. The Balaban J connectivity index is 1.90. The second-order valence-corrected chi connectivity index (χ2v) is 7.35. The summed E-state index contributed by atoms with van der Waals surface area (Å²) in [5, 5.41) is 1.12. The van der Waals surface area contributed by atoms with E-state index in [0.717, 1.165) is 62.8 Å². The molecule has 2 aromatic rings. The van der Waals surface area contributed by atoms with E-state index in [9.17, 15) is 0 Å². The molecule has 1 fully saturated rings. The van der Waals surface area contributed by atoms with Crippen molar-refractivity contribution in [1.82, 2.24) is 9.55 Å². The van der Waals surface area contributed by atoms with Crippen molar-refractivity contribution in [2.24, 2.45) is 5.92 Å². The highest BCUT2D eigenvalue weighted by molar-refractivity contribution is 5.89. The number of nitrogens with two attached hydrogens (primary N) is 1. The smallest absolute Gasteiger partial charge is 0.232 e. The molecule has 3 heterocycles. The average molecular weight is 333 g/mol. The maximum Gasteiger partial charge on any atom is 0.232 e. The van der Waals surface area contributed by atoms with Crippen molar-refractivity contribution in [2.45, 2.75) is 40.8 Å². The number of nitrogens with one attached hydrogen (secondary N) is 1. The molecule has 132 valence electrons. The minimum atomic E-state index is 0.546. The molecule has 1 aliphatic heterocycles. The zero-order chi connectivity index (χ0) is 17.3. The van der Waals surface area contributed by atoms with Crippen LogP contribution in [-0.2, 0) is 17.8 Å². The quantitative estimate of drug-likeness (QED) is 0.763. The van der Waals surface area contributed by atoms with Gasteiger partial charge in [-0.25, -0.2) is 4.57 Å². The van der Waals surface area contributed by atoms with Crippen LogP contribution >= 0.6 is 0 Å². The zero-order valence-corrected chi connectivity index (χ0v) is 15.4. The van der Waals surface area contributed by atoms with Crippen molar-refractivity contribution in [3.63, 3.8) is 0 Å². The number of morpholine rings is 1. The average Bonchev–Trinajstić information content (AvgIpc) is 2.81. The van der Waals surface area contributed by atoms with Crippen molar-refractivity contribution < 1.29 is 14.2 Å². The number of nitrogen functional groups attached to an aromatic ring is 1. The highest BCUT2D eigenvalue weighted by Crippen LogP contribution is 2.26. The molecule has 0 amide bonds. The van der Waals surface area contributed by atoms with Gasteiger partial charge in [0.25, 0.3) is 0 Å². The fourth-order valence-electron chi connectivity index (χ4n) is 3.61. The summed E-state index contributed by atoms with van der Waals surface area (Å²) in [6.07, 6.45) is 1.90. The molecule has 3 N–H and O–H groups in total. The van der Waals surface area contributed by atoms with E-state index in [0.29, 0.717) is 5.92 Å². The van der Waals surface area contributed by atoms with Crippen molar-refractivity contribution in [3.05, 3.63) is 17.6 Å². The van der Waals surface area contributed by atoms with Crippen LogP contribution in [0.2, 0.25) is 0 Å². The number of rotatable bonds is 5. The molecule has 0 atom stereocenters. The third kappa shape index (κ3) is 3.26. The fourth-order valence-corrected chi connectivity index (χ4v) is 3.61. The van der Waals surface area contributed by atoms with Gasteiger partial charge in [0.05, 0.1) is 32.8 Å². The lowest BCUT2D eigenvalue weighted by molar-refractivity contribution is -0.908. The summed E-state index contributed by atoms with van der Waals surface area (Å²) in [5.41, 5.74) is 10.0. The van der Waals surface area contributed by atoms with Crippen LogP contribution in [0.1, 0.15) is 25.1 Å². The van der Waals surface area contributed by atoms with Gasteiger partial charge in [0, 0.05) is 5.69 Å².